The molecule has 0 radical (unpaired) electrons. The van der Waals surface area contributed by atoms with Gasteiger partial charge in [0.05, 0.1) is 0 Å². The Labute approximate surface area is 133 Å². The summed E-state index contributed by atoms with van der Waals surface area (Å²) in [6, 6.07) is 13.1. The molecular weight excluding hydrogens is 304 g/mol. The number of hydrogen-bond acceptors (Lipinski definition) is 3. The van der Waals surface area contributed by atoms with Crippen LogP contribution in [0.25, 0.3) is 0 Å². The fourth-order valence-electron chi connectivity index (χ4n) is 1.91. The maximum absolute atomic E-state index is 12.1. The van der Waals surface area contributed by atoms with E-state index in [1.54, 1.807) is 13.0 Å². The Kier molecular flexibility index (Phi) is 5.51. The third-order valence-corrected chi connectivity index (χ3v) is 3.02. The minimum absolute atomic E-state index is 0.0297. The van der Waals surface area contributed by atoms with Gasteiger partial charge in [0.15, 0.2) is 6.10 Å². The van der Waals surface area contributed by atoms with E-state index in [2.05, 4.69) is 10.1 Å². The molecule has 2 aromatic rings. The monoisotopic (exact) mass is 321 g/mol. The number of anilines is 1. The van der Waals surface area contributed by atoms with Crippen molar-refractivity contribution in [2.75, 3.05) is 5.32 Å². The highest BCUT2D eigenvalue weighted by molar-refractivity contribution is 5.94. The van der Waals surface area contributed by atoms with E-state index < -0.39 is 12.7 Å². The Balaban J connectivity index is 1.92. The average molecular weight is 321 g/mol. The number of halogens is 2. The van der Waals surface area contributed by atoms with Gasteiger partial charge in [-0.15, -0.1) is 0 Å². The summed E-state index contributed by atoms with van der Waals surface area (Å²) >= 11 is 0. The lowest BCUT2D eigenvalue weighted by Crippen LogP contribution is -2.30. The smallest absolute Gasteiger partial charge is 0.387 e. The molecule has 0 saturated carbocycles. The first-order valence-electron chi connectivity index (χ1n) is 7.03. The molecule has 23 heavy (non-hydrogen) atoms. The van der Waals surface area contributed by atoms with Gasteiger partial charge in [-0.05, 0) is 55.8 Å². The van der Waals surface area contributed by atoms with Gasteiger partial charge in [0, 0.05) is 5.69 Å². The van der Waals surface area contributed by atoms with Crippen LogP contribution in [0, 0.1) is 6.92 Å². The second-order valence-corrected chi connectivity index (χ2v) is 4.97. The summed E-state index contributed by atoms with van der Waals surface area (Å²) in [7, 11) is 0. The Morgan fingerprint density at radius 1 is 1.04 bits per heavy atom. The van der Waals surface area contributed by atoms with Crippen LogP contribution in [-0.2, 0) is 4.79 Å². The van der Waals surface area contributed by atoms with Crippen molar-refractivity contribution in [3.05, 3.63) is 54.1 Å². The summed E-state index contributed by atoms with van der Waals surface area (Å²) in [5, 5.41) is 2.65. The summed E-state index contributed by atoms with van der Waals surface area (Å²) in [4.78, 5) is 12.1. The maximum atomic E-state index is 12.1. The van der Waals surface area contributed by atoms with E-state index in [0.717, 1.165) is 5.56 Å². The van der Waals surface area contributed by atoms with Gasteiger partial charge in [-0.1, -0.05) is 12.1 Å². The number of nitrogens with one attached hydrogen (secondary N) is 1. The number of rotatable bonds is 6. The van der Waals surface area contributed by atoms with E-state index in [9.17, 15) is 13.6 Å². The standard InChI is InChI=1S/C17H17F2NO3/c1-11-4-3-5-15(10-11)22-12(2)16(21)20-13-6-8-14(9-7-13)23-17(18)19/h3-10,12,17H,1-2H3,(H,20,21). The maximum Gasteiger partial charge on any atom is 0.387 e. The second kappa shape index (κ2) is 7.58. The molecule has 0 aliphatic carbocycles. The van der Waals surface area contributed by atoms with Gasteiger partial charge in [0.2, 0.25) is 0 Å². The number of aryl methyl sites for hydroxylation is 1. The molecule has 0 fully saturated rings. The predicted molar refractivity (Wildman–Crippen MR) is 83.0 cm³/mol. The topological polar surface area (TPSA) is 47.6 Å². The molecular formula is C17H17F2NO3. The lowest BCUT2D eigenvalue weighted by molar-refractivity contribution is -0.122. The van der Waals surface area contributed by atoms with Crippen LogP contribution >= 0.6 is 0 Å². The first-order chi connectivity index (χ1) is 10.9. The van der Waals surface area contributed by atoms with Crippen molar-refractivity contribution in [3.8, 4) is 11.5 Å². The van der Waals surface area contributed by atoms with Crippen molar-refractivity contribution in [2.24, 2.45) is 0 Å². The minimum Gasteiger partial charge on any atom is -0.481 e. The fraction of sp³-hybridized carbons (Fsp3) is 0.235. The summed E-state index contributed by atoms with van der Waals surface area (Å²) < 4.78 is 33.9. The number of hydrogen-bond donors (Lipinski definition) is 1. The van der Waals surface area contributed by atoms with E-state index in [0.29, 0.717) is 11.4 Å². The van der Waals surface area contributed by atoms with Gasteiger partial charge in [0.25, 0.3) is 5.91 Å². The van der Waals surface area contributed by atoms with Crippen LogP contribution in [-0.4, -0.2) is 18.6 Å². The van der Waals surface area contributed by atoms with Crippen LogP contribution < -0.4 is 14.8 Å². The van der Waals surface area contributed by atoms with Crippen molar-refractivity contribution in [1.82, 2.24) is 0 Å². The van der Waals surface area contributed by atoms with Gasteiger partial charge < -0.3 is 14.8 Å². The molecule has 4 nitrogen and oxygen atoms in total. The van der Waals surface area contributed by atoms with E-state index in [1.165, 1.54) is 24.3 Å². The van der Waals surface area contributed by atoms with Gasteiger partial charge in [0.1, 0.15) is 11.5 Å². The number of ether oxygens (including phenoxy) is 2. The molecule has 0 aromatic heterocycles. The number of carbonyl (C=O) groups is 1. The Hall–Kier alpha value is -2.63. The van der Waals surface area contributed by atoms with Gasteiger partial charge in [-0.2, -0.15) is 8.78 Å². The SMILES string of the molecule is Cc1cccc(OC(C)C(=O)Nc2ccc(OC(F)F)cc2)c1. The van der Waals surface area contributed by atoms with Crippen LogP contribution in [0.2, 0.25) is 0 Å². The summed E-state index contributed by atoms with van der Waals surface area (Å²) in [5.74, 6) is 0.296. The van der Waals surface area contributed by atoms with E-state index in [4.69, 9.17) is 4.74 Å². The third-order valence-electron chi connectivity index (χ3n) is 3.02. The normalized spacial score (nSPS) is 11.9. The van der Waals surface area contributed by atoms with Crippen LogP contribution in [0.5, 0.6) is 11.5 Å². The second-order valence-electron chi connectivity index (χ2n) is 4.97. The van der Waals surface area contributed by atoms with Crippen LogP contribution in [0.4, 0.5) is 14.5 Å². The van der Waals surface area contributed by atoms with Crippen molar-refractivity contribution in [2.45, 2.75) is 26.6 Å². The molecule has 0 heterocycles. The molecule has 0 aliphatic rings. The van der Waals surface area contributed by atoms with Gasteiger partial charge in [-0.25, -0.2) is 0 Å². The first kappa shape index (κ1) is 16.7. The molecule has 2 aromatic carbocycles. The molecule has 2 rings (SSSR count). The zero-order chi connectivity index (χ0) is 16.8. The molecule has 1 amide bonds. The van der Waals surface area contributed by atoms with E-state index in [-0.39, 0.29) is 11.7 Å². The highest BCUT2D eigenvalue weighted by Gasteiger charge is 2.15. The minimum atomic E-state index is -2.88. The average Bonchev–Trinajstić information content (AvgIpc) is 2.48. The number of carbonyl (C=O) groups excluding carboxylic acids is 1. The van der Waals surface area contributed by atoms with Crippen molar-refractivity contribution < 1.29 is 23.0 Å². The van der Waals surface area contributed by atoms with Crippen LogP contribution in [0.1, 0.15) is 12.5 Å². The lowest BCUT2D eigenvalue weighted by Gasteiger charge is -2.15. The molecule has 6 heteroatoms. The summed E-state index contributed by atoms with van der Waals surface area (Å²) in [6.45, 7) is 0.685. The molecule has 0 bridgehead atoms. The lowest BCUT2D eigenvalue weighted by atomic mass is 10.2. The molecule has 0 spiro atoms. The molecule has 1 atom stereocenters. The van der Waals surface area contributed by atoms with Gasteiger partial charge >= 0.3 is 6.61 Å². The Morgan fingerprint density at radius 2 is 1.74 bits per heavy atom. The highest BCUT2D eigenvalue weighted by atomic mass is 19.3. The third kappa shape index (κ3) is 5.25. The number of amides is 1. The van der Waals surface area contributed by atoms with Crippen LogP contribution in [0.15, 0.2) is 48.5 Å². The summed E-state index contributed by atoms with van der Waals surface area (Å²) in [6.07, 6.45) is -0.700. The van der Waals surface area contributed by atoms with Crippen molar-refractivity contribution in [3.63, 3.8) is 0 Å². The molecule has 122 valence electrons. The number of benzene rings is 2. The molecule has 1 N–H and O–H groups in total. The zero-order valence-corrected chi connectivity index (χ0v) is 12.8. The largest absolute Gasteiger partial charge is 0.481 e. The number of alkyl halides is 2. The van der Waals surface area contributed by atoms with Gasteiger partial charge in [-0.3, -0.25) is 4.79 Å². The fourth-order valence-corrected chi connectivity index (χ4v) is 1.91. The highest BCUT2D eigenvalue weighted by Crippen LogP contribution is 2.19. The Bertz CT molecular complexity index is 659. The van der Waals surface area contributed by atoms with E-state index in [1.807, 2.05) is 25.1 Å². The zero-order valence-electron chi connectivity index (χ0n) is 12.8. The molecule has 0 saturated heterocycles. The van der Waals surface area contributed by atoms with Crippen LogP contribution in [0.3, 0.4) is 0 Å². The van der Waals surface area contributed by atoms with E-state index >= 15 is 0 Å². The van der Waals surface area contributed by atoms with Crippen molar-refractivity contribution >= 4 is 11.6 Å². The first-order valence-corrected chi connectivity index (χ1v) is 7.03. The molecule has 0 aliphatic heterocycles. The predicted octanol–water partition coefficient (Wildman–Crippen LogP) is 4.00. The molecule has 1 unspecified atom stereocenters. The van der Waals surface area contributed by atoms with Crippen molar-refractivity contribution in [1.29, 1.82) is 0 Å². The summed E-state index contributed by atoms with van der Waals surface area (Å²) in [5.41, 5.74) is 1.50. The Morgan fingerprint density at radius 3 is 2.35 bits per heavy atom. The quantitative estimate of drug-likeness (QED) is 0.875.